The first kappa shape index (κ1) is 14.6. The molecule has 0 N–H and O–H groups in total. The van der Waals surface area contributed by atoms with Gasteiger partial charge >= 0.3 is 0 Å². The number of hydrogen-bond acceptors (Lipinski definition) is 3. The molecule has 3 aromatic rings. The first-order chi connectivity index (χ1) is 12.3. The molecule has 3 nitrogen and oxygen atoms in total. The third-order valence-corrected chi connectivity index (χ3v) is 5.89. The molecule has 1 amide bonds. The predicted octanol–water partition coefficient (Wildman–Crippen LogP) is 5.04. The van der Waals surface area contributed by atoms with E-state index in [0.29, 0.717) is 0 Å². The largest absolute Gasteiger partial charge is 0.455 e. The molecule has 2 atom stereocenters. The van der Waals surface area contributed by atoms with Crippen molar-refractivity contribution in [3.05, 3.63) is 84.4 Å². The summed E-state index contributed by atoms with van der Waals surface area (Å²) in [4.78, 5) is 16.0. The smallest absolute Gasteiger partial charge is 0.243 e. The van der Waals surface area contributed by atoms with Gasteiger partial charge in [0.25, 0.3) is 0 Å². The Hall–Kier alpha value is -2.72. The minimum absolute atomic E-state index is 0.0162. The molecule has 0 radical (unpaired) electrons. The van der Waals surface area contributed by atoms with Gasteiger partial charge in [-0.15, -0.1) is 11.8 Å². The minimum Gasteiger partial charge on any atom is -0.455 e. The molecule has 0 bridgehead atoms. The van der Waals surface area contributed by atoms with E-state index < -0.39 is 0 Å². The molecule has 5 rings (SSSR count). The SMILES string of the molecule is O=C1[C@H](Sc2ccccc2)[C@H]2c3ccccc3Oc3ccccc3N12. The number of fused-ring (bicyclic) bond motifs is 5. The Kier molecular flexibility index (Phi) is 3.31. The lowest BCUT2D eigenvalue weighted by Gasteiger charge is -2.46. The molecular formula is C21H15NO2S. The van der Waals surface area contributed by atoms with Crippen molar-refractivity contribution in [1.29, 1.82) is 0 Å². The van der Waals surface area contributed by atoms with E-state index >= 15 is 0 Å². The zero-order chi connectivity index (χ0) is 16.8. The summed E-state index contributed by atoms with van der Waals surface area (Å²) in [5, 5.41) is -0.140. The van der Waals surface area contributed by atoms with Crippen LogP contribution in [0.25, 0.3) is 0 Å². The van der Waals surface area contributed by atoms with Crippen LogP contribution in [0, 0.1) is 0 Å². The highest BCUT2D eigenvalue weighted by atomic mass is 32.2. The van der Waals surface area contributed by atoms with Crippen LogP contribution in [0.1, 0.15) is 11.6 Å². The van der Waals surface area contributed by atoms with E-state index in [2.05, 4.69) is 6.07 Å². The van der Waals surface area contributed by atoms with E-state index in [9.17, 15) is 4.79 Å². The third kappa shape index (κ3) is 2.25. The van der Waals surface area contributed by atoms with Crippen LogP contribution >= 0.6 is 11.8 Å². The fourth-order valence-electron chi connectivity index (χ4n) is 3.47. The van der Waals surface area contributed by atoms with Gasteiger partial charge < -0.3 is 4.74 Å². The molecule has 3 aromatic carbocycles. The van der Waals surface area contributed by atoms with Crippen molar-refractivity contribution in [1.82, 2.24) is 0 Å². The molecule has 1 fully saturated rings. The highest BCUT2D eigenvalue weighted by Crippen LogP contribution is 2.54. The Balaban J connectivity index is 1.61. The molecule has 25 heavy (non-hydrogen) atoms. The van der Waals surface area contributed by atoms with Gasteiger partial charge in [0.2, 0.25) is 5.91 Å². The van der Waals surface area contributed by atoms with Crippen LogP contribution in [-0.2, 0) is 4.79 Å². The molecule has 2 heterocycles. The van der Waals surface area contributed by atoms with E-state index in [1.165, 1.54) is 0 Å². The van der Waals surface area contributed by atoms with E-state index in [0.717, 1.165) is 27.6 Å². The number of ether oxygens (including phenoxy) is 1. The van der Waals surface area contributed by atoms with Gasteiger partial charge in [0, 0.05) is 10.5 Å². The van der Waals surface area contributed by atoms with Gasteiger partial charge in [-0.05, 0) is 30.3 Å². The van der Waals surface area contributed by atoms with Gasteiger partial charge in [0.15, 0.2) is 5.75 Å². The van der Waals surface area contributed by atoms with Crippen molar-refractivity contribution < 1.29 is 9.53 Å². The van der Waals surface area contributed by atoms with Crippen LogP contribution in [-0.4, -0.2) is 11.2 Å². The van der Waals surface area contributed by atoms with Crippen molar-refractivity contribution in [2.75, 3.05) is 4.90 Å². The number of β-lactam (4-membered cyclic amide) rings is 1. The third-order valence-electron chi connectivity index (χ3n) is 4.63. The summed E-state index contributed by atoms with van der Waals surface area (Å²) in [6, 6.07) is 25.8. The fourth-order valence-corrected chi connectivity index (χ4v) is 4.69. The Morgan fingerprint density at radius 2 is 1.48 bits per heavy atom. The van der Waals surface area contributed by atoms with Gasteiger partial charge in [-0.2, -0.15) is 0 Å². The van der Waals surface area contributed by atoms with Crippen LogP contribution < -0.4 is 9.64 Å². The molecule has 2 aliphatic heterocycles. The summed E-state index contributed by atoms with van der Waals surface area (Å²) in [5.74, 6) is 1.69. The van der Waals surface area contributed by atoms with Gasteiger partial charge in [0.05, 0.1) is 11.7 Å². The summed E-state index contributed by atoms with van der Waals surface area (Å²) in [6.45, 7) is 0. The first-order valence-corrected chi connectivity index (χ1v) is 9.11. The van der Waals surface area contributed by atoms with Crippen LogP contribution in [0.15, 0.2) is 83.8 Å². The summed E-state index contributed by atoms with van der Waals surface area (Å²) in [5.41, 5.74) is 1.91. The van der Waals surface area contributed by atoms with E-state index in [-0.39, 0.29) is 17.2 Å². The number of rotatable bonds is 2. The maximum absolute atomic E-state index is 13.0. The van der Waals surface area contributed by atoms with Crippen LogP contribution in [0.5, 0.6) is 11.5 Å². The van der Waals surface area contributed by atoms with Crippen molar-refractivity contribution in [2.24, 2.45) is 0 Å². The predicted molar refractivity (Wildman–Crippen MR) is 99.3 cm³/mol. The lowest BCUT2D eigenvalue weighted by Crippen LogP contribution is -2.57. The van der Waals surface area contributed by atoms with Crippen LogP contribution in [0.3, 0.4) is 0 Å². The fraction of sp³-hybridized carbons (Fsp3) is 0.0952. The Bertz CT molecular complexity index is 957. The number of nitrogens with zero attached hydrogens (tertiary/aromatic N) is 1. The molecule has 2 aliphatic rings. The second-order valence-electron chi connectivity index (χ2n) is 6.11. The highest BCUT2D eigenvalue weighted by Gasteiger charge is 2.52. The topological polar surface area (TPSA) is 29.5 Å². The van der Waals surface area contributed by atoms with Crippen molar-refractivity contribution in [3.63, 3.8) is 0 Å². The molecule has 0 saturated carbocycles. The van der Waals surface area contributed by atoms with Crippen molar-refractivity contribution in [3.8, 4) is 11.5 Å². The average molecular weight is 345 g/mol. The molecular weight excluding hydrogens is 330 g/mol. The molecule has 0 unspecified atom stereocenters. The van der Waals surface area contributed by atoms with Crippen molar-refractivity contribution in [2.45, 2.75) is 16.2 Å². The van der Waals surface area contributed by atoms with E-state index in [4.69, 9.17) is 4.74 Å². The summed E-state index contributed by atoms with van der Waals surface area (Å²) < 4.78 is 6.13. The summed E-state index contributed by atoms with van der Waals surface area (Å²) in [7, 11) is 0. The summed E-state index contributed by atoms with van der Waals surface area (Å²) >= 11 is 1.62. The van der Waals surface area contributed by atoms with E-state index in [1.54, 1.807) is 11.8 Å². The average Bonchev–Trinajstić information content (AvgIpc) is 2.79. The normalized spacial score (nSPS) is 20.5. The monoisotopic (exact) mass is 345 g/mol. The number of carbonyl (C=O) groups excluding carboxylic acids is 1. The van der Waals surface area contributed by atoms with Gasteiger partial charge in [-0.25, -0.2) is 0 Å². The number of carbonyl (C=O) groups is 1. The molecule has 1 saturated heterocycles. The zero-order valence-electron chi connectivity index (χ0n) is 13.3. The zero-order valence-corrected chi connectivity index (χ0v) is 14.1. The van der Waals surface area contributed by atoms with Crippen LogP contribution in [0.4, 0.5) is 5.69 Å². The first-order valence-electron chi connectivity index (χ1n) is 8.23. The van der Waals surface area contributed by atoms with E-state index in [1.807, 2.05) is 77.7 Å². The number of benzene rings is 3. The molecule has 122 valence electrons. The van der Waals surface area contributed by atoms with Gasteiger partial charge in [-0.1, -0.05) is 48.5 Å². The Labute approximate surface area is 150 Å². The number of thioether (sulfide) groups is 1. The lowest BCUT2D eigenvalue weighted by atomic mass is 9.92. The maximum atomic E-state index is 13.0. The van der Waals surface area contributed by atoms with Gasteiger partial charge in [-0.3, -0.25) is 9.69 Å². The minimum atomic E-state index is -0.140. The maximum Gasteiger partial charge on any atom is 0.243 e. The number of anilines is 1. The Morgan fingerprint density at radius 3 is 2.32 bits per heavy atom. The molecule has 0 spiro atoms. The molecule has 4 heteroatoms. The van der Waals surface area contributed by atoms with Crippen molar-refractivity contribution >= 4 is 23.4 Å². The quantitative estimate of drug-likeness (QED) is 0.609. The summed E-state index contributed by atoms with van der Waals surface area (Å²) in [6.07, 6.45) is 0. The highest BCUT2D eigenvalue weighted by molar-refractivity contribution is 8.00. The number of amides is 1. The van der Waals surface area contributed by atoms with Crippen LogP contribution in [0.2, 0.25) is 0 Å². The standard InChI is InChI=1S/C21H15NO2S/c23-21-20(25-14-8-2-1-3-9-14)19-15-10-4-6-12-17(15)24-18-13-7-5-11-16(18)22(19)21/h1-13,19-20H/t19-,20-/m1/s1. The second-order valence-corrected chi connectivity index (χ2v) is 7.33. The second kappa shape index (κ2) is 5.67. The Morgan fingerprint density at radius 1 is 0.800 bits per heavy atom. The molecule has 0 aromatic heterocycles. The lowest BCUT2D eigenvalue weighted by molar-refractivity contribution is -0.123. The molecule has 0 aliphatic carbocycles. The number of para-hydroxylation sites is 3. The van der Waals surface area contributed by atoms with Gasteiger partial charge in [0.1, 0.15) is 11.0 Å². The number of hydrogen-bond donors (Lipinski definition) is 0.